The number of aromatic nitrogens is 1. The molecule has 2 nitrogen and oxygen atoms in total. The van der Waals surface area contributed by atoms with Crippen LogP contribution in [0.5, 0.6) is 0 Å². The number of halogens is 2. The maximum absolute atomic E-state index is 13.6. The van der Waals surface area contributed by atoms with Gasteiger partial charge in [0.05, 0.1) is 5.52 Å². The van der Waals surface area contributed by atoms with E-state index < -0.39 is 11.6 Å². The van der Waals surface area contributed by atoms with Gasteiger partial charge >= 0.3 is 0 Å². The van der Waals surface area contributed by atoms with E-state index in [-0.39, 0.29) is 5.52 Å². The molecule has 0 saturated heterocycles. The molecule has 2 aromatic rings. The van der Waals surface area contributed by atoms with Crippen molar-refractivity contribution in [2.45, 2.75) is 19.4 Å². The molecule has 0 aliphatic rings. The second-order valence-electron chi connectivity index (χ2n) is 4.80. The number of aromatic amines is 1. The van der Waals surface area contributed by atoms with Crippen molar-refractivity contribution in [1.82, 2.24) is 9.88 Å². The second kappa shape index (κ2) is 5.53. The first-order chi connectivity index (χ1) is 9.04. The van der Waals surface area contributed by atoms with Crippen LogP contribution < -0.4 is 0 Å². The Labute approximate surface area is 111 Å². The molecule has 2 rings (SSSR count). The van der Waals surface area contributed by atoms with Crippen LogP contribution in [0.3, 0.4) is 0 Å². The van der Waals surface area contributed by atoms with E-state index in [1.54, 1.807) is 12.3 Å². The van der Waals surface area contributed by atoms with Crippen LogP contribution in [-0.4, -0.2) is 29.5 Å². The van der Waals surface area contributed by atoms with Gasteiger partial charge in [-0.05, 0) is 38.1 Å². The molecule has 1 aromatic carbocycles. The summed E-state index contributed by atoms with van der Waals surface area (Å²) >= 11 is 0. The van der Waals surface area contributed by atoms with Crippen LogP contribution in [0.15, 0.2) is 31.0 Å². The first-order valence-corrected chi connectivity index (χ1v) is 6.31. The van der Waals surface area contributed by atoms with Crippen LogP contribution in [0.2, 0.25) is 0 Å². The van der Waals surface area contributed by atoms with Gasteiger partial charge in [0.2, 0.25) is 0 Å². The molecule has 1 N–H and O–H groups in total. The Morgan fingerprint density at radius 2 is 2.16 bits per heavy atom. The second-order valence-corrected chi connectivity index (χ2v) is 4.80. The van der Waals surface area contributed by atoms with Gasteiger partial charge in [-0.2, -0.15) is 0 Å². The third-order valence-electron chi connectivity index (χ3n) is 3.60. The molecular formula is C15H18F2N2. The van der Waals surface area contributed by atoms with Crippen LogP contribution in [0.4, 0.5) is 8.78 Å². The summed E-state index contributed by atoms with van der Waals surface area (Å²) in [6.07, 6.45) is 4.41. The molecule has 0 saturated carbocycles. The maximum Gasteiger partial charge on any atom is 0.182 e. The van der Waals surface area contributed by atoms with E-state index in [4.69, 9.17) is 0 Å². The van der Waals surface area contributed by atoms with Crippen molar-refractivity contribution in [3.05, 3.63) is 48.2 Å². The molecule has 19 heavy (non-hydrogen) atoms. The third-order valence-corrected chi connectivity index (χ3v) is 3.60. The van der Waals surface area contributed by atoms with Gasteiger partial charge in [-0.15, -0.1) is 6.58 Å². The normalized spacial score (nSPS) is 13.1. The van der Waals surface area contributed by atoms with Crippen LogP contribution in [-0.2, 0) is 6.42 Å². The number of benzene rings is 1. The fourth-order valence-electron chi connectivity index (χ4n) is 2.08. The number of nitrogens with one attached hydrogen (secondary N) is 1. The number of fused-ring (bicyclic) bond motifs is 1. The van der Waals surface area contributed by atoms with E-state index in [1.807, 2.05) is 13.1 Å². The molecule has 4 heteroatoms. The van der Waals surface area contributed by atoms with Gasteiger partial charge in [0.25, 0.3) is 0 Å². The molecule has 0 fully saturated rings. The Morgan fingerprint density at radius 1 is 1.42 bits per heavy atom. The van der Waals surface area contributed by atoms with Gasteiger partial charge < -0.3 is 4.98 Å². The van der Waals surface area contributed by atoms with Gasteiger partial charge in [0, 0.05) is 24.2 Å². The summed E-state index contributed by atoms with van der Waals surface area (Å²) in [6.45, 7) is 6.66. The standard InChI is InChI=1S/C15H18F2N2/c1-4-10(2)19(3)8-7-11-9-18-15-12(11)5-6-13(16)14(15)17/h4-6,9-10,18H,1,7-8H2,2-3H3. The highest BCUT2D eigenvalue weighted by Gasteiger charge is 2.12. The average molecular weight is 264 g/mol. The molecule has 1 atom stereocenters. The van der Waals surface area contributed by atoms with Gasteiger partial charge in [0.1, 0.15) is 0 Å². The van der Waals surface area contributed by atoms with E-state index in [1.165, 1.54) is 6.07 Å². The maximum atomic E-state index is 13.6. The molecule has 0 radical (unpaired) electrons. The van der Waals surface area contributed by atoms with Gasteiger partial charge in [-0.25, -0.2) is 8.78 Å². The van der Waals surface area contributed by atoms with Gasteiger partial charge in [-0.1, -0.05) is 6.08 Å². The molecule has 1 heterocycles. The summed E-state index contributed by atoms with van der Waals surface area (Å²) in [6, 6.07) is 3.08. The lowest BCUT2D eigenvalue weighted by atomic mass is 10.1. The smallest absolute Gasteiger partial charge is 0.182 e. The largest absolute Gasteiger partial charge is 0.358 e. The van der Waals surface area contributed by atoms with Crippen molar-refractivity contribution in [3.63, 3.8) is 0 Å². The molecule has 0 aliphatic carbocycles. The van der Waals surface area contributed by atoms with E-state index in [0.717, 1.165) is 23.9 Å². The van der Waals surface area contributed by atoms with E-state index >= 15 is 0 Å². The van der Waals surface area contributed by atoms with Crippen LogP contribution in [0.1, 0.15) is 12.5 Å². The number of H-pyrrole nitrogens is 1. The summed E-state index contributed by atoms with van der Waals surface area (Å²) < 4.78 is 26.7. The predicted molar refractivity (Wildman–Crippen MR) is 74.2 cm³/mol. The quantitative estimate of drug-likeness (QED) is 0.819. The van der Waals surface area contributed by atoms with Crippen molar-refractivity contribution < 1.29 is 8.78 Å². The van der Waals surface area contributed by atoms with E-state index in [9.17, 15) is 8.78 Å². The lowest BCUT2D eigenvalue weighted by Crippen LogP contribution is -2.29. The summed E-state index contributed by atoms with van der Waals surface area (Å²) in [4.78, 5) is 4.97. The van der Waals surface area contributed by atoms with Gasteiger partial charge in [-0.3, -0.25) is 4.90 Å². The minimum atomic E-state index is -0.821. The monoisotopic (exact) mass is 264 g/mol. The van der Waals surface area contributed by atoms with Crippen LogP contribution >= 0.6 is 0 Å². The fraction of sp³-hybridized carbons (Fsp3) is 0.333. The average Bonchev–Trinajstić information content (AvgIpc) is 2.83. The van der Waals surface area contributed by atoms with Crippen LogP contribution in [0, 0.1) is 11.6 Å². The summed E-state index contributed by atoms with van der Waals surface area (Å²) in [7, 11) is 2.02. The molecule has 0 spiro atoms. The molecule has 0 aliphatic heterocycles. The molecular weight excluding hydrogens is 246 g/mol. The third kappa shape index (κ3) is 2.68. The highest BCUT2D eigenvalue weighted by atomic mass is 19.2. The van der Waals surface area contributed by atoms with E-state index in [2.05, 4.69) is 23.4 Å². The molecule has 0 bridgehead atoms. The summed E-state index contributed by atoms with van der Waals surface area (Å²) in [5.74, 6) is -1.63. The van der Waals surface area contributed by atoms with E-state index in [0.29, 0.717) is 6.04 Å². The number of hydrogen-bond donors (Lipinski definition) is 1. The number of rotatable bonds is 5. The van der Waals surface area contributed by atoms with Gasteiger partial charge in [0.15, 0.2) is 11.6 Å². The Bertz CT molecular complexity index is 589. The highest BCUT2D eigenvalue weighted by Crippen LogP contribution is 2.23. The lowest BCUT2D eigenvalue weighted by Gasteiger charge is -2.21. The molecule has 102 valence electrons. The Balaban J connectivity index is 2.18. The first kappa shape index (κ1) is 13.7. The van der Waals surface area contributed by atoms with Crippen molar-refractivity contribution in [2.24, 2.45) is 0 Å². The molecule has 1 unspecified atom stereocenters. The number of nitrogens with zero attached hydrogens (tertiary/aromatic N) is 1. The topological polar surface area (TPSA) is 19.0 Å². The minimum Gasteiger partial charge on any atom is -0.358 e. The predicted octanol–water partition coefficient (Wildman–Crippen LogP) is 3.49. The van der Waals surface area contributed by atoms with Crippen molar-refractivity contribution in [3.8, 4) is 0 Å². The van der Waals surface area contributed by atoms with Crippen molar-refractivity contribution >= 4 is 10.9 Å². The number of likely N-dealkylation sites (N-methyl/N-ethyl adjacent to an activating group) is 1. The highest BCUT2D eigenvalue weighted by molar-refractivity contribution is 5.83. The Hall–Kier alpha value is -1.68. The number of hydrogen-bond acceptors (Lipinski definition) is 1. The molecule has 0 amide bonds. The Kier molecular flexibility index (Phi) is 4.00. The summed E-state index contributed by atoms with van der Waals surface area (Å²) in [5.41, 5.74) is 1.24. The summed E-state index contributed by atoms with van der Waals surface area (Å²) in [5, 5.41) is 0.749. The SMILES string of the molecule is C=CC(C)N(C)CCc1c[nH]c2c(F)c(F)ccc12. The minimum absolute atomic E-state index is 0.245. The van der Waals surface area contributed by atoms with Crippen LogP contribution in [0.25, 0.3) is 10.9 Å². The Morgan fingerprint density at radius 3 is 2.84 bits per heavy atom. The zero-order chi connectivity index (χ0) is 14.0. The zero-order valence-corrected chi connectivity index (χ0v) is 11.2. The lowest BCUT2D eigenvalue weighted by molar-refractivity contribution is 0.301. The van der Waals surface area contributed by atoms with Crippen molar-refractivity contribution in [2.75, 3.05) is 13.6 Å². The van der Waals surface area contributed by atoms with Crippen molar-refractivity contribution in [1.29, 1.82) is 0 Å². The first-order valence-electron chi connectivity index (χ1n) is 6.31. The molecule has 1 aromatic heterocycles. The zero-order valence-electron chi connectivity index (χ0n) is 11.2. The fourth-order valence-corrected chi connectivity index (χ4v) is 2.08.